The number of alkyl halides is 2. The molecular formula is C25H26ClF2N2O7PS. The Hall–Kier alpha value is -3.02. The van der Waals surface area contributed by atoms with Crippen LogP contribution in [0.1, 0.15) is 12.0 Å². The van der Waals surface area contributed by atoms with Gasteiger partial charge in [-0.1, -0.05) is 41.9 Å². The molecule has 0 aliphatic rings. The average molecular weight is 603 g/mol. The lowest BCUT2D eigenvalue weighted by Crippen LogP contribution is -2.48. The van der Waals surface area contributed by atoms with Gasteiger partial charge in [0.05, 0.1) is 11.5 Å². The molecule has 3 aromatic carbocycles. The van der Waals surface area contributed by atoms with Crippen molar-refractivity contribution in [1.82, 2.24) is 10.0 Å². The molecule has 1 unspecified atom stereocenters. The van der Waals surface area contributed by atoms with Gasteiger partial charge in [0.1, 0.15) is 17.5 Å². The van der Waals surface area contributed by atoms with Gasteiger partial charge in [0.2, 0.25) is 15.9 Å². The lowest BCUT2D eigenvalue weighted by molar-refractivity contribution is -0.122. The number of halogens is 3. The van der Waals surface area contributed by atoms with Gasteiger partial charge in [0, 0.05) is 11.6 Å². The monoisotopic (exact) mass is 602 g/mol. The predicted octanol–water partition coefficient (Wildman–Crippen LogP) is 4.60. The van der Waals surface area contributed by atoms with Crippen LogP contribution in [0.4, 0.5) is 8.78 Å². The fourth-order valence-corrected chi connectivity index (χ4v) is 5.13. The fourth-order valence-electron chi connectivity index (χ4n) is 3.28. The number of carbonyl (C=O) groups is 1. The predicted molar refractivity (Wildman–Crippen MR) is 142 cm³/mol. The third-order valence-corrected chi connectivity index (χ3v) is 7.92. The third kappa shape index (κ3) is 9.59. The Morgan fingerprint density at radius 3 is 2.21 bits per heavy atom. The summed E-state index contributed by atoms with van der Waals surface area (Å²) in [4.78, 5) is 22.2. The zero-order valence-electron chi connectivity index (χ0n) is 20.4. The van der Waals surface area contributed by atoms with Crippen LogP contribution < -0.4 is 19.3 Å². The van der Waals surface area contributed by atoms with Crippen molar-refractivity contribution in [1.29, 1.82) is 0 Å². The zero-order valence-corrected chi connectivity index (χ0v) is 22.8. The summed E-state index contributed by atoms with van der Waals surface area (Å²) < 4.78 is 74.9. The SMILES string of the molecule is O=C(NCCCOc1ccc(Cl)cc1)[C@H](Cc1ccc(OP(=O)(O)C(F)F)cc1)NS(=O)(=O)c1ccccc1. The summed E-state index contributed by atoms with van der Waals surface area (Å²) in [7, 11) is -9.22. The summed E-state index contributed by atoms with van der Waals surface area (Å²) in [6, 6.07) is 18.1. The van der Waals surface area contributed by atoms with E-state index in [1.165, 1.54) is 36.4 Å². The van der Waals surface area contributed by atoms with Crippen molar-refractivity contribution < 1.29 is 40.7 Å². The van der Waals surface area contributed by atoms with Crippen LogP contribution in [-0.2, 0) is 25.8 Å². The van der Waals surface area contributed by atoms with Crippen molar-refractivity contribution in [3.05, 3.63) is 89.4 Å². The highest BCUT2D eigenvalue weighted by Crippen LogP contribution is 2.48. The van der Waals surface area contributed by atoms with Crippen LogP contribution in [-0.4, -0.2) is 44.6 Å². The largest absolute Gasteiger partial charge is 0.494 e. The van der Waals surface area contributed by atoms with Crippen LogP contribution in [0.2, 0.25) is 5.02 Å². The topological polar surface area (TPSA) is 131 Å². The lowest BCUT2D eigenvalue weighted by atomic mass is 10.1. The maximum absolute atomic E-state index is 13.0. The maximum Gasteiger partial charge on any atom is 0.442 e. The molecule has 0 fully saturated rings. The van der Waals surface area contributed by atoms with Crippen molar-refractivity contribution >= 4 is 35.1 Å². The molecule has 3 rings (SSSR count). The Bertz CT molecular complexity index is 1380. The van der Waals surface area contributed by atoms with Gasteiger partial charge >= 0.3 is 13.8 Å². The number of ether oxygens (including phenoxy) is 1. The van der Waals surface area contributed by atoms with E-state index >= 15 is 0 Å². The second kappa shape index (κ2) is 13.9. The number of amides is 1. The molecule has 210 valence electrons. The van der Waals surface area contributed by atoms with Gasteiger partial charge in [-0.05, 0) is 66.9 Å². The minimum Gasteiger partial charge on any atom is -0.494 e. The highest BCUT2D eigenvalue weighted by Gasteiger charge is 2.34. The highest BCUT2D eigenvalue weighted by atomic mass is 35.5. The highest BCUT2D eigenvalue weighted by molar-refractivity contribution is 7.89. The molecule has 14 heteroatoms. The van der Waals surface area contributed by atoms with Gasteiger partial charge in [-0.2, -0.15) is 13.5 Å². The first-order valence-corrected chi connectivity index (χ1v) is 15.1. The molecule has 3 aromatic rings. The Kier molecular flexibility index (Phi) is 10.8. The van der Waals surface area contributed by atoms with Gasteiger partial charge in [-0.15, -0.1) is 0 Å². The molecule has 0 aromatic heterocycles. The van der Waals surface area contributed by atoms with Crippen molar-refractivity contribution in [2.75, 3.05) is 13.2 Å². The summed E-state index contributed by atoms with van der Waals surface area (Å²) in [5.41, 5.74) is 0.439. The van der Waals surface area contributed by atoms with Crippen LogP contribution in [0.3, 0.4) is 0 Å². The van der Waals surface area contributed by atoms with Crippen LogP contribution in [0.5, 0.6) is 11.5 Å². The van der Waals surface area contributed by atoms with E-state index in [4.69, 9.17) is 16.3 Å². The summed E-state index contributed by atoms with van der Waals surface area (Å²) in [6.45, 7) is 0.485. The quantitative estimate of drug-likeness (QED) is 0.182. The first kappa shape index (κ1) is 30.5. The van der Waals surface area contributed by atoms with Gasteiger partial charge in [-0.25, -0.2) is 13.0 Å². The Balaban J connectivity index is 1.65. The van der Waals surface area contributed by atoms with Crippen molar-refractivity contribution in [3.63, 3.8) is 0 Å². The van der Waals surface area contributed by atoms with E-state index in [1.807, 2.05) is 0 Å². The van der Waals surface area contributed by atoms with E-state index in [0.717, 1.165) is 0 Å². The minimum atomic E-state index is -5.15. The minimum absolute atomic E-state index is 0.0337. The van der Waals surface area contributed by atoms with E-state index in [0.29, 0.717) is 22.8 Å². The number of hydrogen-bond acceptors (Lipinski definition) is 6. The van der Waals surface area contributed by atoms with Gasteiger partial charge in [0.15, 0.2) is 0 Å². The van der Waals surface area contributed by atoms with Gasteiger partial charge in [-0.3, -0.25) is 4.79 Å². The molecule has 0 heterocycles. The smallest absolute Gasteiger partial charge is 0.442 e. The zero-order chi connectivity index (χ0) is 28.5. The van der Waals surface area contributed by atoms with Gasteiger partial charge in [0.25, 0.3) is 0 Å². The summed E-state index contributed by atoms with van der Waals surface area (Å²) in [5, 5.41) is 3.25. The van der Waals surface area contributed by atoms with Crippen LogP contribution in [0, 0.1) is 0 Å². The number of benzene rings is 3. The number of nitrogens with one attached hydrogen (secondary N) is 2. The number of carbonyl (C=O) groups excluding carboxylic acids is 1. The Labute approximate surface area is 229 Å². The summed E-state index contributed by atoms with van der Waals surface area (Å²) in [6.07, 6.45) is -3.25. The molecule has 3 N–H and O–H groups in total. The molecule has 0 aliphatic carbocycles. The molecule has 0 radical (unpaired) electrons. The van der Waals surface area contributed by atoms with E-state index in [-0.39, 0.29) is 30.2 Å². The molecular weight excluding hydrogens is 577 g/mol. The number of rotatable bonds is 14. The van der Waals surface area contributed by atoms with Gasteiger partial charge < -0.3 is 19.5 Å². The molecule has 1 amide bonds. The van der Waals surface area contributed by atoms with Crippen molar-refractivity contribution in [2.24, 2.45) is 0 Å². The second-order valence-corrected chi connectivity index (χ2v) is 12.1. The van der Waals surface area contributed by atoms with Crippen molar-refractivity contribution in [3.8, 4) is 11.5 Å². The standard InChI is InChI=1S/C25H26ClF2N2O7PS/c26-19-9-13-20(14-10-19)36-16-4-15-29-24(31)23(30-39(34,35)22-5-2-1-3-6-22)17-18-7-11-21(12-8-18)37-38(32,33)25(27)28/h1-3,5-14,23,25,30H,4,15-17H2,(H,29,31)(H,32,33)/t23-/m0/s1. The van der Waals surface area contributed by atoms with Crippen LogP contribution in [0.25, 0.3) is 0 Å². The first-order valence-electron chi connectivity index (χ1n) is 11.6. The number of sulfonamides is 1. The van der Waals surface area contributed by atoms with Crippen molar-refractivity contribution in [2.45, 2.75) is 29.9 Å². The summed E-state index contributed by atoms with van der Waals surface area (Å²) >= 11 is 5.84. The fraction of sp³-hybridized carbons (Fsp3) is 0.240. The number of hydrogen-bond donors (Lipinski definition) is 3. The van der Waals surface area contributed by atoms with E-state index in [9.17, 15) is 31.5 Å². The molecule has 0 aliphatic heterocycles. The van der Waals surface area contributed by atoms with Crippen LogP contribution in [0.15, 0.2) is 83.8 Å². The van der Waals surface area contributed by atoms with E-state index < -0.39 is 35.7 Å². The summed E-state index contributed by atoms with van der Waals surface area (Å²) in [5.74, 6) is -0.270. The lowest BCUT2D eigenvalue weighted by Gasteiger charge is -2.19. The molecule has 9 nitrogen and oxygen atoms in total. The molecule has 0 bridgehead atoms. The molecule has 0 spiro atoms. The molecule has 0 saturated heterocycles. The normalized spacial score (nSPS) is 13.9. The molecule has 2 atom stereocenters. The first-order chi connectivity index (χ1) is 18.5. The maximum atomic E-state index is 13.0. The molecule has 0 saturated carbocycles. The van der Waals surface area contributed by atoms with Crippen LogP contribution >= 0.6 is 19.2 Å². The van der Waals surface area contributed by atoms with E-state index in [2.05, 4.69) is 14.6 Å². The van der Waals surface area contributed by atoms with E-state index in [1.54, 1.807) is 42.5 Å². The third-order valence-electron chi connectivity index (χ3n) is 5.22. The second-order valence-electron chi connectivity index (χ2n) is 8.22. The Morgan fingerprint density at radius 2 is 1.59 bits per heavy atom. The average Bonchev–Trinajstić information content (AvgIpc) is 2.90. The molecule has 39 heavy (non-hydrogen) atoms. The Morgan fingerprint density at radius 1 is 0.974 bits per heavy atom.